The molecule has 0 fully saturated rings. The van der Waals surface area contributed by atoms with Crippen LogP contribution >= 0.6 is 11.8 Å². The van der Waals surface area contributed by atoms with E-state index in [1.54, 1.807) is 17.8 Å². The zero-order chi connectivity index (χ0) is 13.0. The highest BCUT2D eigenvalue weighted by Crippen LogP contribution is 2.21. The fourth-order valence-corrected chi connectivity index (χ4v) is 2.16. The molecule has 0 amide bonds. The van der Waals surface area contributed by atoms with E-state index >= 15 is 0 Å². The van der Waals surface area contributed by atoms with Crippen molar-refractivity contribution in [3.63, 3.8) is 0 Å². The number of nitrogens with two attached hydrogens (primary N) is 1. The molecule has 1 aromatic heterocycles. The van der Waals surface area contributed by atoms with Gasteiger partial charge in [0.05, 0.1) is 0 Å². The van der Waals surface area contributed by atoms with Crippen LogP contribution in [0.25, 0.3) is 0 Å². The van der Waals surface area contributed by atoms with Crippen molar-refractivity contribution in [2.45, 2.75) is 19.0 Å². The Morgan fingerprint density at radius 3 is 2.83 bits per heavy atom. The summed E-state index contributed by atoms with van der Waals surface area (Å²) in [5, 5.41) is 3.94. The van der Waals surface area contributed by atoms with Gasteiger partial charge in [-0.05, 0) is 30.4 Å². The average molecular weight is 260 g/mol. The first kappa shape index (κ1) is 12.7. The van der Waals surface area contributed by atoms with Crippen LogP contribution in [0.3, 0.4) is 0 Å². The fourth-order valence-electron chi connectivity index (χ4n) is 1.57. The first-order chi connectivity index (χ1) is 8.67. The molecule has 2 rings (SSSR count). The minimum absolute atomic E-state index is 0.483. The molecule has 1 aromatic carbocycles. The molecule has 0 saturated heterocycles. The van der Waals surface area contributed by atoms with Crippen molar-refractivity contribution < 1.29 is 0 Å². The molecule has 0 bridgehead atoms. The number of nitrogens with zero attached hydrogens (tertiary/aromatic N) is 2. The second kappa shape index (κ2) is 5.73. The van der Waals surface area contributed by atoms with E-state index in [1.807, 2.05) is 12.1 Å². The Morgan fingerprint density at radius 1 is 1.28 bits per heavy atom. The first-order valence-electron chi connectivity index (χ1n) is 5.78. The second-order valence-electron chi connectivity index (χ2n) is 3.89. The van der Waals surface area contributed by atoms with E-state index in [2.05, 4.69) is 41.3 Å². The normalized spacial score (nSPS) is 10.3. The van der Waals surface area contributed by atoms with Gasteiger partial charge in [-0.2, -0.15) is 0 Å². The van der Waals surface area contributed by atoms with Crippen LogP contribution in [-0.4, -0.2) is 15.7 Å². The van der Waals surface area contributed by atoms with Crippen LogP contribution in [0.5, 0.6) is 0 Å². The summed E-state index contributed by atoms with van der Waals surface area (Å²) in [5.74, 6) is 2.13. The van der Waals surface area contributed by atoms with Crippen LogP contribution in [0.15, 0.2) is 35.5 Å². The number of hydrogen-bond donors (Lipinski definition) is 2. The van der Waals surface area contributed by atoms with Gasteiger partial charge in [-0.25, -0.2) is 9.97 Å². The third-order valence-electron chi connectivity index (χ3n) is 2.29. The highest BCUT2D eigenvalue weighted by atomic mass is 32.2. The molecule has 4 nitrogen and oxygen atoms in total. The van der Waals surface area contributed by atoms with Gasteiger partial charge in [-0.15, -0.1) is 0 Å². The van der Waals surface area contributed by atoms with Crippen LogP contribution in [0, 0.1) is 6.92 Å². The van der Waals surface area contributed by atoms with Crippen LogP contribution in [-0.2, 0) is 0 Å². The van der Waals surface area contributed by atoms with Crippen LogP contribution in [0.1, 0.15) is 12.5 Å². The van der Waals surface area contributed by atoms with Gasteiger partial charge in [0.15, 0.2) is 5.16 Å². The first-order valence-corrected chi connectivity index (χ1v) is 6.77. The van der Waals surface area contributed by atoms with E-state index in [-0.39, 0.29) is 0 Å². The number of aryl methyl sites for hydroxylation is 1. The Labute approximate surface area is 111 Å². The third kappa shape index (κ3) is 3.37. The standard InChI is InChI=1S/C13H16N4S/c1-3-18-13-16-11(14)8-12(17-13)15-10-6-4-5-9(2)7-10/h4-8H,3H2,1-2H3,(H3,14,15,16,17). The number of hydrogen-bond acceptors (Lipinski definition) is 5. The van der Waals surface area contributed by atoms with Crippen molar-refractivity contribution in [2.24, 2.45) is 0 Å². The van der Waals surface area contributed by atoms with E-state index in [4.69, 9.17) is 5.73 Å². The van der Waals surface area contributed by atoms with Gasteiger partial charge in [-0.1, -0.05) is 30.8 Å². The summed E-state index contributed by atoms with van der Waals surface area (Å²) in [4.78, 5) is 8.58. The molecule has 5 heteroatoms. The van der Waals surface area contributed by atoms with Crippen LogP contribution in [0.4, 0.5) is 17.3 Å². The molecular weight excluding hydrogens is 244 g/mol. The number of nitrogens with one attached hydrogen (secondary N) is 1. The van der Waals surface area contributed by atoms with E-state index in [1.165, 1.54) is 5.56 Å². The zero-order valence-electron chi connectivity index (χ0n) is 10.5. The van der Waals surface area contributed by atoms with E-state index < -0.39 is 0 Å². The smallest absolute Gasteiger partial charge is 0.191 e. The molecule has 0 radical (unpaired) electrons. The van der Waals surface area contributed by atoms with Gasteiger partial charge in [0.25, 0.3) is 0 Å². The van der Waals surface area contributed by atoms with Crippen molar-refractivity contribution in [2.75, 3.05) is 16.8 Å². The molecule has 0 aliphatic rings. The Kier molecular flexibility index (Phi) is 4.04. The predicted molar refractivity (Wildman–Crippen MR) is 77.3 cm³/mol. The molecule has 0 aliphatic carbocycles. The minimum atomic E-state index is 0.483. The van der Waals surface area contributed by atoms with Gasteiger partial charge >= 0.3 is 0 Å². The molecule has 18 heavy (non-hydrogen) atoms. The lowest BCUT2D eigenvalue weighted by molar-refractivity contribution is 0.981. The Bertz CT molecular complexity index is 542. The summed E-state index contributed by atoms with van der Waals surface area (Å²) in [6.07, 6.45) is 0. The van der Waals surface area contributed by atoms with Gasteiger partial charge in [-0.3, -0.25) is 0 Å². The van der Waals surface area contributed by atoms with Crippen molar-refractivity contribution in [3.05, 3.63) is 35.9 Å². The number of nitrogen functional groups attached to an aromatic ring is 1. The number of anilines is 3. The summed E-state index contributed by atoms with van der Waals surface area (Å²) in [6, 6.07) is 9.85. The predicted octanol–water partition coefficient (Wildman–Crippen LogP) is 3.22. The average Bonchev–Trinajstić information content (AvgIpc) is 2.28. The van der Waals surface area contributed by atoms with Crippen molar-refractivity contribution in [1.29, 1.82) is 0 Å². The highest BCUT2D eigenvalue weighted by Gasteiger charge is 2.03. The largest absolute Gasteiger partial charge is 0.383 e. The molecule has 0 aliphatic heterocycles. The summed E-state index contributed by atoms with van der Waals surface area (Å²) in [5.41, 5.74) is 7.97. The maximum atomic E-state index is 5.77. The van der Waals surface area contributed by atoms with Gasteiger partial charge in [0.1, 0.15) is 11.6 Å². The lowest BCUT2D eigenvalue weighted by Crippen LogP contribution is -2.00. The molecule has 2 aromatic rings. The third-order valence-corrected chi connectivity index (χ3v) is 3.02. The summed E-state index contributed by atoms with van der Waals surface area (Å²) in [7, 11) is 0. The molecule has 0 spiro atoms. The van der Waals surface area contributed by atoms with Crippen molar-refractivity contribution in [3.8, 4) is 0 Å². The molecule has 0 atom stereocenters. The summed E-state index contributed by atoms with van der Waals surface area (Å²) in [6.45, 7) is 4.11. The van der Waals surface area contributed by atoms with Crippen molar-refractivity contribution >= 4 is 29.1 Å². The maximum absolute atomic E-state index is 5.77. The number of benzene rings is 1. The summed E-state index contributed by atoms with van der Waals surface area (Å²) < 4.78 is 0. The SMILES string of the molecule is CCSc1nc(N)cc(Nc2cccc(C)c2)n1. The molecule has 1 heterocycles. The van der Waals surface area contributed by atoms with Gasteiger partial charge in [0, 0.05) is 11.8 Å². The van der Waals surface area contributed by atoms with Crippen molar-refractivity contribution in [1.82, 2.24) is 9.97 Å². The zero-order valence-corrected chi connectivity index (χ0v) is 11.3. The molecule has 0 saturated carbocycles. The van der Waals surface area contributed by atoms with E-state index in [0.717, 1.165) is 17.3 Å². The Hall–Kier alpha value is -1.75. The monoisotopic (exact) mass is 260 g/mol. The number of thioether (sulfide) groups is 1. The Morgan fingerprint density at radius 2 is 2.11 bits per heavy atom. The number of aromatic nitrogens is 2. The minimum Gasteiger partial charge on any atom is -0.383 e. The van der Waals surface area contributed by atoms with Crippen LogP contribution < -0.4 is 11.1 Å². The van der Waals surface area contributed by atoms with Gasteiger partial charge in [0.2, 0.25) is 0 Å². The molecule has 94 valence electrons. The molecular formula is C13H16N4S. The topological polar surface area (TPSA) is 63.8 Å². The Balaban J connectivity index is 2.23. The quantitative estimate of drug-likeness (QED) is 0.652. The second-order valence-corrected chi connectivity index (χ2v) is 5.12. The van der Waals surface area contributed by atoms with E-state index in [0.29, 0.717) is 11.0 Å². The fraction of sp³-hybridized carbons (Fsp3) is 0.231. The lowest BCUT2D eigenvalue weighted by Gasteiger charge is -2.08. The number of rotatable bonds is 4. The van der Waals surface area contributed by atoms with Gasteiger partial charge < -0.3 is 11.1 Å². The molecule has 3 N–H and O–H groups in total. The van der Waals surface area contributed by atoms with Crippen LogP contribution in [0.2, 0.25) is 0 Å². The maximum Gasteiger partial charge on any atom is 0.191 e. The summed E-state index contributed by atoms with van der Waals surface area (Å²) >= 11 is 1.58. The molecule has 0 unspecified atom stereocenters. The lowest BCUT2D eigenvalue weighted by atomic mass is 10.2. The van der Waals surface area contributed by atoms with E-state index in [9.17, 15) is 0 Å². The highest BCUT2D eigenvalue weighted by molar-refractivity contribution is 7.99.